The monoisotopic (exact) mass is 324 g/mol. The first-order valence-electron chi connectivity index (χ1n) is 8.64. The minimum atomic E-state index is 0.155. The highest BCUT2D eigenvalue weighted by Crippen LogP contribution is 2.21. The molecule has 1 atom stereocenters. The second kappa shape index (κ2) is 12.0. The highest BCUT2D eigenvalue weighted by molar-refractivity contribution is 5.79. The molecule has 0 saturated carbocycles. The lowest BCUT2D eigenvalue weighted by Crippen LogP contribution is -2.40. The highest BCUT2D eigenvalue weighted by atomic mass is 16.5. The van der Waals surface area contributed by atoms with Crippen LogP contribution in [0.25, 0.3) is 0 Å². The van der Waals surface area contributed by atoms with Crippen molar-refractivity contribution >= 4 is 5.96 Å². The number of nitrogens with one attached hydrogen (secondary N) is 2. The van der Waals surface area contributed by atoms with Gasteiger partial charge in [0.1, 0.15) is 5.76 Å². The molecule has 0 aromatic carbocycles. The SMILES string of the molecule is CCNC(=NCC(c1ccco1)N(CC)CC)NCCOCC. The van der Waals surface area contributed by atoms with Gasteiger partial charge >= 0.3 is 0 Å². The molecule has 0 amide bonds. The summed E-state index contributed by atoms with van der Waals surface area (Å²) in [5.41, 5.74) is 0. The standard InChI is InChI=1S/C17H32N4O2/c1-5-18-17(19-11-13-22-8-4)20-14-15(21(6-2)7-3)16-10-9-12-23-16/h9-10,12,15H,5-8,11,13-14H2,1-4H3,(H2,18,19,20). The molecule has 1 heterocycles. The van der Waals surface area contributed by atoms with Crippen molar-refractivity contribution in [2.24, 2.45) is 4.99 Å². The van der Waals surface area contributed by atoms with Crippen molar-refractivity contribution in [3.05, 3.63) is 24.2 Å². The third-order valence-electron chi connectivity index (χ3n) is 3.63. The van der Waals surface area contributed by atoms with Gasteiger partial charge in [-0.3, -0.25) is 9.89 Å². The average molecular weight is 324 g/mol. The summed E-state index contributed by atoms with van der Waals surface area (Å²) in [6, 6.07) is 4.11. The van der Waals surface area contributed by atoms with Crippen molar-refractivity contribution in [2.75, 3.05) is 45.9 Å². The molecule has 0 bridgehead atoms. The molecular weight excluding hydrogens is 292 g/mol. The number of aliphatic imine (C=N–C) groups is 1. The van der Waals surface area contributed by atoms with Crippen LogP contribution in [-0.2, 0) is 4.74 Å². The average Bonchev–Trinajstić information content (AvgIpc) is 3.09. The number of nitrogens with zero attached hydrogens (tertiary/aromatic N) is 2. The number of hydrogen-bond donors (Lipinski definition) is 2. The van der Waals surface area contributed by atoms with E-state index in [4.69, 9.17) is 14.1 Å². The Bertz CT molecular complexity index is 416. The quantitative estimate of drug-likeness (QED) is 0.371. The van der Waals surface area contributed by atoms with Crippen LogP contribution in [0.5, 0.6) is 0 Å². The summed E-state index contributed by atoms with van der Waals surface area (Å²) in [6.07, 6.45) is 1.72. The Labute approximate surface area is 140 Å². The zero-order chi connectivity index (χ0) is 16.9. The lowest BCUT2D eigenvalue weighted by molar-refractivity contribution is 0.152. The number of rotatable bonds is 11. The van der Waals surface area contributed by atoms with E-state index in [0.29, 0.717) is 13.2 Å². The van der Waals surface area contributed by atoms with Gasteiger partial charge in [0.2, 0.25) is 0 Å². The first kappa shape index (κ1) is 19.5. The maximum Gasteiger partial charge on any atom is 0.191 e. The summed E-state index contributed by atoms with van der Waals surface area (Å²) in [4.78, 5) is 7.07. The zero-order valence-corrected chi connectivity index (χ0v) is 15.0. The molecule has 1 unspecified atom stereocenters. The fourth-order valence-corrected chi connectivity index (χ4v) is 2.44. The Hall–Kier alpha value is -1.53. The van der Waals surface area contributed by atoms with Gasteiger partial charge in [0.15, 0.2) is 5.96 Å². The maximum atomic E-state index is 5.61. The van der Waals surface area contributed by atoms with Crippen LogP contribution in [0.2, 0.25) is 0 Å². The first-order valence-corrected chi connectivity index (χ1v) is 8.64. The summed E-state index contributed by atoms with van der Waals surface area (Å²) < 4.78 is 11.0. The highest BCUT2D eigenvalue weighted by Gasteiger charge is 2.20. The summed E-state index contributed by atoms with van der Waals surface area (Å²) >= 11 is 0. The lowest BCUT2D eigenvalue weighted by atomic mass is 10.2. The van der Waals surface area contributed by atoms with Crippen molar-refractivity contribution in [2.45, 2.75) is 33.7 Å². The summed E-state index contributed by atoms with van der Waals surface area (Å²) in [6.45, 7) is 14.0. The van der Waals surface area contributed by atoms with Gasteiger partial charge in [-0.05, 0) is 39.1 Å². The summed E-state index contributed by atoms with van der Waals surface area (Å²) in [5.74, 6) is 1.78. The topological polar surface area (TPSA) is 62.0 Å². The first-order chi connectivity index (χ1) is 11.3. The predicted molar refractivity (Wildman–Crippen MR) is 94.8 cm³/mol. The number of hydrogen-bond acceptors (Lipinski definition) is 4. The second-order valence-electron chi connectivity index (χ2n) is 5.10. The van der Waals surface area contributed by atoms with E-state index in [9.17, 15) is 0 Å². The van der Waals surface area contributed by atoms with Crippen molar-refractivity contribution in [3.63, 3.8) is 0 Å². The van der Waals surface area contributed by atoms with Crippen molar-refractivity contribution in [1.29, 1.82) is 0 Å². The van der Waals surface area contributed by atoms with Crippen LogP contribution in [-0.4, -0.2) is 56.8 Å². The largest absolute Gasteiger partial charge is 0.468 e. The van der Waals surface area contributed by atoms with Gasteiger partial charge in [0.05, 0.1) is 25.5 Å². The number of guanidine groups is 1. The van der Waals surface area contributed by atoms with Crippen LogP contribution in [0.1, 0.15) is 39.5 Å². The Balaban J connectivity index is 2.70. The maximum absolute atomic E-state index is 5.61. The molecule has 0 aliphatic rings. The molecule has 1 rings (SSSR count). The molecule has 0 aliphatic heterocycles. The fraction of sp³-hybridized carbons (Fsp3) is 0.706. The molecule has 132 valence electrons. The third kappa shape index (κ3) is 7.05. The Morgan fingerprint density at radius 2 is 2.04 bits per heavy atom. The molecule has 2 N–H and O–H groups in total. The second-order valence-corrected chi connectivity index (χ2v) is 5.10. The van der Waals surface area contributed by atoms with E-state index in [1.807, 2.05) is 19.1 Å². The van der Waals surface area contributed by atoms with Gasteiger partial charge in [-0.2, -0.15) is 0 Å². The van der Waals surface area contributed by atoms with Crippen molar-refractivity contribution in [1.82, 2.24) is 15.5 Å². The van der Waals surface area contributed by atoms with Crippen LogP contribution in [0, 0.1) is 0 Å². The molecule has 0 aliphatic carbocycles. The van der Waals surface area contributed by atoms with Gasteiger partial charge in [0.25, 0.3) is 0 Å². The molecule has 0 radical (unpaired) electrons. The van der Waals surface area contributed by atoms with Crippen LogP contribution >= 0.6 is 0 Å². The molecule has 6 heteroatoms. The minimum absolute atomic E-state index is 0.155. The Kier molecular flexibility index (Phi) is 10.2. The Morgan fingerprint density at radius 1 is 1.26 bits per heavy atom. The van der Waals surface area contributed by atoms with E-state index in [0.717, 1.165) is 44.5 Å². The van der Waals surface area contributed by atoms with Gasteiger partial charge in [0, 0.05) is 19.7 Å². The van der Waals surface area contributed by atoms with E-state index < -0.39 is 0 Å². The van der Waals surface area contributed by atoms with E-state index >= 15 is 0 Å². The van der Waals surface area contributed by atoms with Gasteiger partial charge in [-0.1, -0.05) is 13.8 Å². The fourth-order valence-electron chi connectivity index (χ4n) is 2.44. The van der Waals surface area contributed by atoms with Gasteiger partial charge < -0.3 is 19.8 Å². The van der Waals surface area contributed by atoms with Crippen molar-refractivity contribution < 1.29 is 9.15 Å². The molecule has 0 saturated heterocycles. The van der Waals surface area contributed by atoms with Gasteiger partial charge in [-0.15, -0.1) is 0 Å². The van der Waals surface area contributed by atoms with E-state index in [2.05, 4.69) is 36.3 Å². The summed E-state index contributed by atoms with van der Waals surface area (Å²) in [7, 11) is 0. The number of likely N-dealkylation sites (N-methyl/N-ethyl adjacent to an activating group) is 1. The third-order valence-corrected chi connectivity index (χ3v) is 3.63. The lowest BCUT2D eigenvalue weighted by Gasteiger charge is -2.27. The molecular formula is C17H32N4O2. The van der Waals surface area contributed by atoms with E-state index in [1.165, 1.54) is 0 Å². The predicted octanol–water partition coefficient (Wildman–Crippen LogP) is 2.25. The summed E-state index contributed by atoms with van der Waals surface area (Å²) in [5, 5.41) is 6.57. The smallest absolute Gasteiger partial charge is 0.191 e. The van der Waals surface area contributed by atoms with Crippen LogP contribution < -0.4 is 10.6 Å². The Morgan fingerprint density at radius 3 is 2.61 bits per heavy atom. The normalized spacial score (nSPS) is 13.3. The van der Waals surface area contributed by atoms with Crippen LogP contribution in [0.3, 0.4) is 0 Å². The van der Waals surface area contributed by atoms with Crippen LogP contribution in [0.15, 0.2) is 27.8 Å². The molecule has 0 fully saturated rings. The van der Waals surface area contributed by atoms with Crippen LogP contribution in [0.4, 0.5) is 0 Å². The molecule has 1 aromatic heterocycles. The van der Waals surface area contributed by atoms with E-state index in [1.54, 1.807) is 6.26 Å². The van der Waals surface area contributed by atoms with Crippen molar-refractivity contribution in [3.8, 4) is 0 Å². The van der Waals surface area contributed by atoms with E-state index in [-0.39, 0.29) is 6.04 Å². The number of ether oxygens (including phenoxy) is 1. The zero-order valence-electron chi connectivity index (χ0n) is 15.0. The molecule has 0 spiro atoms. The minimum Gasteiger partial charge on any atom is -0.468 e. The molecule has 1 aromatic rings. The molecule has 6 nitrogen and oxygen atoms in total. The van der Waals surface area contributed by atoms with Gasteiger partial charge in [-0.25, -0.2) is 0 Å². The molecule has 23 heavy (non-hydrogen) atoms. The number of furan rings is 1.